The molecule has 96 valence electrons. The molecule has 1 heterocycles. The maximum atomic E-state index is 4.05. The Hall–Kier alpha value is -0.270. The highest BCUT2D eigenvalue weighted by molar-refractivity contribution is 8.02. The van der Waals surface area contributed by atoms with Gasteiger partial charge < -0.3 is 5.32 Å². The molecule has 0 atom stereocenters. The zero-order valence-electron chi connectivity index (χ0n) is 10.1. The van der Waals surface area contributed by atoms with Crippen LogP contribution in [-0.4, -0.2) is 50.1 Å². The van der Waals surface area contributed by atoms with Crippen molar-refractivity contribution < 1.29 is 0 Å². The third-order valence-corrected chi connectivity index (χ3v) is 4.61. The molecule has 1 saturated carbocycles. The number of thioether (sulfide) groups is 2. The quantitative estimate of drug-likeness (QED) is 0.540. The van der Waals surface area contributed by atoms with E-state index in [1.165, 1.54) is 18.6 Å². The van der Waals surface area contributed by atoms with Gasteiger partial charge in [0.05, 0.1) is 6.54 Å². The summed E-state index contributed by atoms with van der Waals surface area (Å²) in [6.07, 6.45) is 2.65. The highest BCUT2D eigenvalue weighted by Gasteiger charge is 2.19. The monoisotopic (exact) mass is 273 g/mol. The maximum Gasteiger partial charge on any atom is 0.209 e. The Labute approximate surface area is 110 Å². The molecule has 17 heavy (non-hydrogen) atoms. The minimum atomic E-state index is 0.753. The number of rotatable bonds is 9. The number of nitrogens with zero attached hydrogens (tertiary/aromatic N) is 4. The van der Waals surface area contributed by atoms with E-state index in [1.807, 2.05) is 16.4 Å². The maximum absolute atomic E-state index is 4.05. The van der Waals surface area contributed by atoms with Crippen molar-refractivity contribution in [2.75, 3.05) is 23.8 Å². The summed E-state index contributed by atoms with van der Waals surface area (Å²) in [5, 5.41) is 16.2. The van der Waals surface area contributed by atoms with Gasteiger partial charge in [-0.15, -0.1) is 5.10 Å². The predicted molar refractivity (Wildman–Crippen MR) is 72.6 cm³/mol. The summed E-state index contributed by atoms with van der Waals surface area (Å²) < 4.78 is 1.90. The lowest BCUT2D eigenvalue weighted by molar-refractivity contribution is 0.510. The second-order valence-electron chi connectivity index (χ2n) is 3.96. The van der Waals surface area contributed by atoms with Gasteiger partial charge in [0.15, 0.2) is 0 Å². The molecule has 0 saturated heterocycles. The molecule has 0 spiro atoms. The number of aromatic nitrogens is 4. The Morgan fingerprint density at radius 3 is 3.06 bits per heavy atom. The van der Waals surface area contributed by atoms with Crippen LogP contribution in [0.2, 0.25) is 0 Å². The van der Waals surface area contributed by atoms with Gasteiger partial charge in [-0.25, -0.2) is 4.68 Å². The second kappa shape index (κ2) is 7.23. The van der Waals surface area contributed by atoms with Crippen LogP contribution in [0.3, 0.4) is 0 Å². The van der Waals surface area contributed by atoms with Gasteiger partial charge >= 0.3 is 0 Å². The van der Waals surface area contributed by atoms with Crippen molar-refractivity contribution in [3.63, 3.8) is 0 Å². The van der Waals surface area contributed by atoms with Crippen LogP contribution in [-0.2, 0) is 6.54 Å². The van der Waals surface area contributed by atoms with Crippen molar-refractivity contribution in [3.8, 4) is 0 Å². The average molecular weight is 273 g/mol. The first kappa shape index (κ1) is 13.2. The van der Waals surface area contributed by atoms with E-state index in [0.717, 1.165) is 35.8 Å². The highest BCUT2D eigenvalue weighted by Crippen LogP contribution is 2.18. The van der Waals surface area contributed by atoms with Gasteiger partial charge in [0, 0.05) is 24.1 Å². The molecule has 1 aromatic rings. The van der Waals surface area contributed by atoms with E-state index in [0.29, 0.717) is 0 Å². The molecular weight excluding hydrogens is 254 g/mol. The summed E-state index contributed by atoms with van der Waals surface area (Å²) >= 11 is 3.70. The predicted octanol–water partition coefficient (Wildman–Crippen LogP) is 1.27. The molecule has 7 heteroatoms. The van der Waals surface area contributed by atoms with Crippen molar-refractivity contribution in [3.05, 3.63) is 0 Å². The number of nitrogens with one attached hydrogen (secondary N) is 1. The molecule has 1 aliphatic rings. The minimum absolute atomic E-state index is 0.753. The molecule has 1 aromatic heterocycles. The fourth-order valence-corrected chi connectivity index (χ4v) is 3.09. The lowest BCUT2D eigenvalue weighted by atomic mass is 10.6. The molecule has 0 amide bonds. The number of hydrogen-bond acceptors (Lipinski definition) is 6. The SMILES string of the molecule is CCSCCSc1nnnn1CCNC1CC1. The first-order valence-electron chi connectivity index (χ1n) is 6.10. The molecule has 0 radical (unpaired) electrons. The smallest absolute Gasteiger partial charge is 0.209 e. The molecule has 0 aliphatic heterocycles. The van der Waals surface area contributed by atoms with Crippen molar-refractivity contribution in [1.29, 1.82) is 0 Å². The molecule has 0 unspecified atom stereocenters. The van der Waals surface area contributed by atoms with Crippen molar-refractivity contribution in [2.45, 2.75) is 37.5 Å². The Morgan fingerprint density at radius 2 is 2.29 bits per heavy atom. The van der Waals surface area contributed by atoms with E-state index < -0.39 is 0 Å². The molecule has 0 bridgehead atoms. The fourth-order valence-electron chi connectivity index (χ4n) is 1.44. The molecule has 2 rings (SSSR count). The number of hydrogen-bond donors (Lipinski definition) is 1. The van der Waals surface area contributed by atoms with Crippen molar-refractivity contribution >= 4 is 23.5 Å². The minimum Gasteiger partial charge on any atom is -0.312 e. The van der Waals surface area contributed by atoms with Crippen LogP contribution < -0.4 is 5.32 Å². The van der Waals surface area contributed by atoms with Gasteiger partial charge in [-0.05, 0) is 29.0 Å². The molecule has 1 aliphatic carbocycles. The summed E-state index contributed by atoms with van der Waals surface area (Å²) in [4.78, 5) is 0. The van der Waals surface area contributed by atoms with E-state index in [-0.39, 0.29) is 0 Å². The van der Waals surface area contributed by atoms with Crippen LogP contribution in [0.15, 0.2) is 5.16 Å². The normalized spacial score (nSPS) is 15.4. The van der Waals surface area contributed by atoms with Crippen molar-refractivity contribution in [2.24, 2.45) is 0 Å². The summed E-state index contributed by atoms with van der Waals surface area (Å²) in [7, 11) is 0. The second-order valence-corrected chi connectivity index (χ2v) is 6.41. The van der Waals surface area contributed by atoms with Gasteiger partial charge in [0.1, 0.15) is 0 Å². The van der Waals surface area contributed by atoms with E-state index in [9.17, 15) is 0 Å². The summed E-state index contributed by atoms with van der Waals surface area (Å²) in [5.74, 6) is 3.42. The first-order chi connectivity index (χ1) is 8.40. The Kier molecular flexibility index (Phi) is 5.60. The van der Waals surface area contributed by atoms with Gasteiger partial charge in [-0.2, -0.15) is 11.8 Å². The largest absolute Gasteiger partial charge is 0.312 e. The third-order valence-electron chi connectivity index (χ3n) is 2.50. The Balaban J connectivity index is 1.67. The zero-order valence-corrected chi connectivity index (χ0v) is 11.8. The van der Waals surface area contributed by atoms with Crippen LogP contribution >= 0.6 is 23.5 Å². The Morgan fingerprint density at radius 1 is 1.41 bits per heavy atom. The van der Waals surface area contributed by atoms with E-state index in [1.54, 1.807) is 11.8 Å². The van der Waals surface area contributed by atoms with Gasteiger partial charge in [0.25, 0.3) is 0 Å². The van der Waals surface area contributed by atoms with Crippen LogP contribution in [0.25, 0.3) is 0 Å². The average Bonchev–Trinajstić information content (AvgIpc) is 3.05. The van der Waals surface area contributed by atoms with E-state index >= 15 is 0 Å². The first-order valence-corrected chi connectivity index (χ1v) is 8.24. The summed E-state index contributed by atoms with van der Waals surface area (Å²) in [5.41, 5.74) is 0. The van der Waals surface area contributed by atoms with Gasteiger partial charge in [-0.1, -0.05) is 18.7 Å². The molecular formula is C10H19N5S2. The lowest BCUT2D eigenvalue weighted by Gasteiger charge is -2.04. The molecule has 5 nitrogen and oxygen atoms in total. The zero-order chi connectivity index (χ0) is 11.9. The molecule has 1 N–H and O–H groups in total. The summed E-state index contributed by atoms with van der Waals surface area (Å²) in [6, 6.07) is 0.753. The van der Waals surface area contributed by atoms with Crippen molar-refractivity contribution in [1.82, 2.24) is 25.5 Å². The van der Waals surface area contributed by atoms with Gasteiger partial charge in [0.2, 0.25) is 5.16 Å². The van der Waals surface area contributed by atoms with Crippen LogP contribution in [0.1, 0.15) is 19.8 Å². The van der Waals surface area contributed by atoms with Crippen LogP contribution in [0, 0.1) is 0 Å². The topological polar surface area (TPSA) is 55.6 Å². The van der Waals surface area contributed by atoms with Crippen LogP contribution in [0.5, 0.6) is 0 Å². The fraction of sp³-hybridized carbons (Fsp3) is 0.900. The Bertz CT molecular complexity index is 326. The van der Waals surface area contributed by atoms with Crippen LogP contribution in [0.4, 0.5) is 0 Å². The molecule has 0 aromatic carbocycles. The molecule has 1 fully saturated rings. The third kappa shape index (κ3) is 4.85. The summed E-state index contributed by atoms with van der Waals surface area (Å²) in [6.45, 7) is 4.02. The lowest BCUT2D eigenvalue weighted by Crippen LogP contribution is -2.22. The van der Waals surface area contributed by atoms with E-state index in [2.05, 4.69) is 27.8 Å². The van der Waals surface area contributed by atoms with E-state index in [4.69, 9.17) is 0 Å². The van der Waals surface area contributed by atoms with Gasteiger partial charge in [-0.3, -0.25) is 0 Å². The standard InChI is InChI=1S/C10H19N5S2/c1-2-16-7-8-17-10-12-13-14-15(10)6-5-11-9-3-4-9/h9,11H,2-8H2,1H3. The number of tetrazole rings is 1. The highest BCUT2D eigenvalue weighted by atomic mass is 32.2.